The Morgan fingerprint density at radius 2 is 1.62 bits per heavy atom. The first kappa shape index (κ1) is 28.1. The molecule has 1 atom stereocenters. The smallest absolute Gasteiger partial charge is 0.337 e. The molecule has 37 heavy (non-hydrogen) atoms. The van der Waals surface area contributed by atoms with Gasteiger partial charge in [-0.25, -0.2) is 4.79 Å². The second-order valence-corrected chi connectivity index (χ2v) is 8.88. The molecule has 2 aromatic rings. The summed E-state index contributed by atoms with van der Waals surface area (Å²) >= 11 is 0. The molecule has 1 amide bonds. The number of methoxy groups -OCH3 is 3. The van der Waals surface area contributed by atoms with E-state index < -0.39 is 0 Å². The molecule has 2 aromatic carbocycles. The van der Waals surface area contributed by atoms with E-state index in [1.807, 2.05) is 41.3 Å². The van der Waals surface area contributed by atoms with Crippen LogP contribution >= 0.6 is 0 Å². The van der Waals surface area contributed by atoms with Crippen molar-refractivity contribution in [2.24, 2.45) is 0 Å². The van der Waals surface area contributed by atoms with E-state index in [1.165, 1.54) is 14.2 Å². The van der Waals surface area contributed by atoms with Gasteiger partial charge in [0.2, 0.25) is 5.91 Å². The highest BCUT2D eigenvalue weighted by atomic mass is 16.5. The van der Waals surface area contributed by atoms with E-state index in [0.29, 0.717) is 44.6 Å². The van der Waals surface area contributed by atoms with E-state index in [4.69, 9.17) is 14.2 Å². The molecule has 1 unspecified atom stereocenters. The number of piperazine rings is 1. The standard InChI is InChI=1S/C28H36N2O7/c1-34-24-7-4-6-23(18-24)25(37-20-21-10-12-22(13-11-21)28(33)36-3)19-29-14-16-30(17-15-29)26(31)8-5-9-27(32)35-2/h4,6-7,10-13,18,25H,5,8-9,14-17,19-20H2,1-3H3. The zero-order valence-electron chi connectivity index (χ0n) is 21.8. The SMILES string of the molecule is COC(=O)CCCC(=O)N1CCN(CC(OCc2ccc(C(=O)OC)cc2)c2cccc(OC)c2)CC1. The normalized spacial score (nSPS) is 14.6. The van der Waals surface area contributed by atoms with Crippen LogP contribution in [0.1, 0.15) is 46.9 Å². The molecule has 1 saturated heterocycles. The average molecular weight is 513 g/mol. The Labute approximate surface area is 218 Å². The van der Waals surface area contributed by atoms with Gasteiger partial charge in [0, 0.05) is 45.6 Å². The van der Waals surface area contributed by atoms with Gasteiger partial charge in [0.05, 0.1) is 39.6 Å². The summed E-state index contributed by atoms with van der Waals surface area (Å²) in [5.41, 5.74) is 2.45. The second-order valence-electron chi connectivity index (χ2n) is 8.88. The number of hydrogen-bond acceptors (Lipinski definition) is 8. The monoisotopic (exact) mass is 512 g/mol. The number of carbonyl (C=O) groups excluding carboxylic acids is 3. The molecule has 200 valence electrons. The van der Waals surface area contributed by atoms with Gasteiger partial charge in [-0.3, -0.25) is 14.5 Å². The maximum Gasteiger partial charge on any atom is 0.337 e. The van der Waals surface area contributed by atoms with Gasteiger partial charge in [-0.05, 0) is 41.8 Å². The number of benzene rings is 2. The van der Waals surface area contributed by atoms with E-state index in [-0.39, 0.29) is 30.4 Å². The Morgan fingerprint density at radius 1 is 0.892 bits per heavy atom. The molecule has 9 nitrogen and oxygen atoms in total. The van der Waals surface area contributed by atoms with Crippen LogP contribution in [0.15, 0.2) is 48.5 Å². The van der Waals surface area contributed by atoms with E-state index in [2.05, 4.69) is 9.64 Å². The minimum absolute atomic E-state index is 0.0690. The molecule has 9 heteroatoms. The highest BCUT2D eigenvalue weighted by molar-refractivity contribution is 5.89. The Hall–Kier alpha value is -3.43. The Kier molecular flexibility index (Phi) is 10.9. The van der Waals surface area contributed by atoms with Crippen LogP contribution in [-0.2, 0) is 30.4 Å². The van der Waals surface area contributed by atoms with Crippen LogP contribution in [0.25, 0.3) is 0 Å². The van der Waals surface area contributed by atoms with Crippen LogP contribution in [0.5, 0.6) is 5.75 Å². The highest BCUT2D eigenvalue weighted by Gasteiger charge is 2.24. The van der Waals surface area contributed by atoms with Gasteiger partial charge in [0.25, 0.3) is 0 Å². The molecule has 0 bridgehead atoms. The van der Waals surface area contributed by atoms with E-state index in [9.17, 15) is 14.4 Å². The van der Waals surface area contributed by atoms with Crippen LogP contribution in [-0.4, -0.2) is 81.7 Å². The molecule has 1 fully saturated rings. The van der Waals surface area contributed by atoms with Crippen LogP contribution in [0.2, 0.25) is 0 Å². The lowest BCUT2D eigenvalue weighted by Crippen LogP contribution is -2.49. The molecule has 1 heterocycles. The number of carbonyl (C=O) groups is 3. The summed E-state index contributed by atoms with van der Waals surface area (Å²) in [5, 5.41) is 0. The van der Waals surface area contributed by atoms with Crippen molar-refractivity contribution >= 4 is 17.8 Å². The van der Waals surface area contributed by atoms with Crippen LogP contribution < -0.4 is 4.74 Å². The lowest BCUT2D eigenvalue weighted by molar-refractivity contribution is -0.141. The predicted molar refractivity (Wildman–Crippen MR) is 137 cm³/mol. The third kappa shape index (κ3) is 8.58. The molecule has 1 aliphatic heterocycles. The Balaban J connectivity index is 1.58. The van der Waals surface area contributed by atoms with Gasteiger partial charge < -0.3 is 23.8 Å². The second kappa shape index (κ2) is 14.3. The molecular weight excluding hydrogens is 476 g/mol. The summed E-state index contributed by atoms with van der Waals surface area (Å²) < 4.78 is 21.2. The molecule has 0 saturated carbocycles. The third-order valence-electron chi connectivity index (χ3n) is 6.44. The van der Waals surface area contributed by atoms with Gasteiger partial charge in [0.15, 0.2) is 0 Å². The zero-order chi connectivity index (χ0) is 26.6. The van der Waals surface area contributed by atoms with Gasteiger partial charge in [-0.15, -0.1) is 0 Å². The fraction of sp³-hybridized carbons (Fsp3) is 0.464. The zero-order valence-corrected chi connectivity index (χ0v) is 21.8. The first-order chi connectivity index (χ1) is 17.9. The topological polar surface area (TPSA) is 94.6 Å². The summed E-state index contributed by atoms with van der Waals surface area (Å²) in [5.74, 6) is 0.166. The largest absolute Gasteiger partial charge is 0.497 e. The molecule has 0 N–H and O–H groups in total. The van der Waals surface area contributed by atoms with Crippen molar-refractivity contribution in [1.29, 1.82) is 0 Å². The maximum atomic E-state index is 12.5. The Bertz CT molecular complexity index is 1030. The van der Waals surface area contributed by atoms with Crippen molar-refractivity contribution in [1.82, 2.24) is 9.80 Å². The van der Waals surface area contributed by atoms with Gasteiger partial charge in [0.1, 0.15) is 5.75 Å². The summed E-state index contributed by atoms with van der Waals surface area (Å²) in [6.45, 7) is 3.79. The van der Waals surface area contributed by atoms with Gasteiger partial charge in [-0.2, -0.15) is 0 Å². The van der Waals surface area contributed by atoms with E-state index in [1.54, 1.807) is 19.2 Å². The quantitative estimate of drug-likeness (QED) is 0.400. The number of hydrogen-bond donors (Lipinski definition) is 0. The van der Waals surface area contributed by atoms with E-state index in [0.717, 1.165) is 30.0 Å². The average Bonchev–Trinajstić information content (AvgIpc) is 2.95. The lowest BCUT2D eigenvalue weighted by Gasteiger charge is -2.36. The molecule has 0 spiro atoms. The summed E-state index contributed by atoms with van der Waals surface area (Å²) in [6.07, 6.45) is 0.891. The minimum atomic E-state index is -0.372. The number of rotatable bonds is 12. The van der Waals surface area contributed by atoms with Crippen molar-refractivity contribution in [3.8, 4) is 5.75 Å². The first-order valence-corrected chi connectivity index (χ1v) is 12.4. The number of nitrogens with zero attached hydrogens (tertiary/aromatic N) is 2. The number of amides is 1. The first-order valence-electron chi connectivity index (χ1n) is 12.4. The van der Waals surface area contributed by atoms with Crippen LogP contribution in [0, 0.1) is 0 Å². The summed E-state index contributed by atoms with van der Waals surface area (Å²) in [4.78, 5) is 39.7. The van der Waals surface area contributed by atoms with Gasteiger partial charge >= 0.3 is 11.9 Å². The van der Waals surface area contributed by atoms with Crippen molar-refractivity contribution in [3.63, 3.8) is 0 Å². The van der Waals surface area contributed by atoms with Crippen LogP contribution in [0.4, 0.5) is 0 Å². The molecule has 3 rings (SSSR count). The summed E-state index contributed by atoms with van der Waals surface area (Å²) in [6, 6.07) is 15.0. The minimum Gasteiger partial charge on any atom is -0.497 e. The van der Waals surface area contributed by atoms with Gasteiger partial charge in [-0.1, -0.05) is 24.3 Å². The Morgan fingerprint density at radius 3 is 2.27 bits per heavy atom. The summed E-state index contributed by atoms with van der Waals surface area (Å²) in [7, 11) is 4.35. The van der Waals surface area contributed by atoms with Crippen molar-refractivity contribution in [3.05, 3.63) is 65.2 Å². The van der Waals surface area contributed by atoms with Crippen LogP contribution in [0.3, 0.4) is 0 Å². The predicted octanol–water partition coefficient (Wildman–Crippen LogP) is 3.23. The highest BCUT2D eigenvalue weighted by Crippen LogP contribution is 2.25. The fourth-order valence-corrected chi connectivity index (χ4v) is 4.21. The van der Waals surface area contributed by atoms with E-state index >= 15 is 0 Å². The molecule has 0 aliphatic carbocycles. The molecular formula is C28H36N2O7. The lowest BCUT2D eigenvalue weighted by atomic mass is 10.1. The number of ether oxygens (including phenoxy) is 4. The van der Waals surface area contributed by atoms with Crippen molar-refractivity contribution in [2.45, 2.75) is 32.0 Å². The molecule has 1 aliphatic rings. The van der Waals surface area contributed by atoms with Crippen molar-refractivity contribution < 1.29 is 33.3 Å². The maximum absolute atomic E-state index is 12.5. The third-order valence-corrected chi connectivity index (χ3v) is 6.44. The molecule has 0 radical (unpaired) electrons. The number of esters is 2. The fourth-order valence-electron chi connectivity index (χ4n) is 4.21. The molecule has 0 aromatic heterocycles. The van der Waals surface area contributed by atoms with Crippen molar-refractivity contribution in [2.75, 3.05) is 54.1 Å².